The minimum atomic E-state index is -0.695. The van der Waals surface area contributed by atoms with Gasteiger partial charge in [0.25, 0.3) is 0 Å². The first-order chi connectivity index (χ1) is 27.8. The maximum absolute atomic E-state index is 7.02. The Hall–Kier alpha value is -7.50. The second-order valence-electron chi connectivity index (χ2n) is 14.9. The summed E-state index contributed by atoms with van der Waals surface area (Å²) in [5.41, 5.74) is 12.5. The van der Waals surface area contributed by atoms with Crippen LogP contribution in [-0.2, 0) is 5.41 Å². The van der Waals surface area contributed by atoms with E-state index in [-0.39, 0.29) is 0 Å². The van der Waals surface area contributed by atoms with E-state index < -0.39 is 5.41 Å². The van der Waals surface area contributed by atoms with Gasteiger partial charge >= 0.3 is 0 Å². The van der Waals surface area contributed by atoms with Gasteiger partial charge in [-0.05, 0) is 53.6 Å². The number of para-hydroxylation sites is 6. The summed E-state index contributed by atoms with van der Waals surface area (Å²) in [4.78, 5) is 10.7. The number of hydrogen-bond acceptors (Lipinski definition) is 3. The molecule has 8 aromatic carbocycles. The molecule has 1 atom stereocenters. The monoisotopic (exact) mass is 714 g/mol. The van der Waals surface area contributed by atoms with Crippen molar-refractivity contribution in [1.82, 2.24) is 19.1 Å². The number of nitrogens with zero attached hydrogens (tertiary/aromatic N) is 4. The third-order valence-electron chi connectivity index (χ3n) is 12.2. The van der Waals surface area contributed by atoms with Crippen LogP contribution in [0.5, 0.6) is 11.5 Å². The molecule has 1 unspecified atom stereocenters. The Morgan fingerprint density at radius 2 is 1.05 bits per heavy atom. The van der Waals surface area contributed by atoms with E-state index in [0.717, 1.165) is 66.6 Å². The molecule has 260 valence electrons. The molecule has 0 aliphatic carbocycles. The molecule has 13 rings (SSSR count). The first-order valence-electron chi connectivity index (χ1n) is 19.1. The van der Waals surface area contributed by atoms with Crippen molar-refractivity contribution in [2.24, 2.45) is 0 Å². The molecule has 0 fully saturated rings. The minimum absolute atomic E-state index is 0.631. The number of rotatable bonds is 2. The molecule has 3 aromatic heterocycles. The Morgan fingerprint density at radius 3 is 1.91 bits per heavy atom. The normalized spacial score (nSPS) is 15.4. The predicted molar refractivity (Wildman–Crippen MR) is 226 cm³/mol. The lowest BCUT2D eigenvalue weighted by molar-refractivity contribution is 0.435. The summed E-state index contributed by atoms with van der Waals surface area (Å²) in [7, 11) is 0. The molecular formula is C51H30N4O. The van der Waals surface area contributed by atoms with Gasteiger partial charge in [0.1, 0.15) is 11.5 Å². The van der Waals surface area contributed by atoms with Crippen molar-refractivity contribution in [2.45, 2.75) is 5.41 Å². The topological polar surface area (TPSA) is 44.9 Å². The standard InChI is InChI=1S/C51H30N4O/c1-2-15-31(16-3-1)48-35-19-4-9-24-41(35)52-50(53-48)55-43-26-11-6-18-33(43)36-29-47-40(30-45(36)55)51(38-22-8-13-28-46(38)56-47)37-21-7-12-27-44(37)54-42-25-10-5-17-32(42)34-20-14-23-39(51)49(34)54/h1-30H. The van der Waals surface area contributed by atoms with E-state index in [9.17, 15) is 0 Å². The molecule has 5 heterocycles. The maximum Gasteiger partial charge on any atom is 0.235 e. The molecule has 56 heavy (non-hydrogen) atoms. The molecule has 1 spiro atoms. The van der Waals surface area contributed by atoms with Crippen LogP contribution in [-0.4, -0.2) is 19.1 Å². The Kier molecular flexibility index (Phi) is 5.77. The van der Waals surface area contributed by atoms with Crippen molar-refractivity contribution in [1.29, 1.82) is 0 Å². The van der Waals surface area contributed by atoms with Gasteiger partial charge in [-0.1, -0.05) is 140 Å². The van der Waals surface area contributed by atoms with E-state index >= 15 is 0 Å². The van der Waals surface area contributed by atoms with Crippen molar-refractivity contribution < 1.29 is 4.74 Å². The molecule has 0 saturated heterocycles. The van der Waals surface area contributed by atoms with Gasteiger partial charge in [0.15, 0.2) is 0 Å². The van der Waals surface area contributed by atoms with Gasteiger partial charge in [-0.3, -0.25) is 4.57 Å². The summed E-state index contributed by atoms with van der Waals surface area (Å²) in [6.07, 6.45) is 0. The molecule has 0 radical (unpaired) electrons. The van der Waals surface area contributed by atoms with Crippen molar-refractivity contribution in [3.05, 3.63) is 204 Å². The lowest BCUT2D eigenvalue weighted by Gasteiger charge is -2.45. The average molecular weight is 715 g/mol. The summed E-state index contributed by atoms with van der Waals surface area (Å²) in [6.45, 7) is 0. The third kappa shape index (κ3) is 3.69. The number of fused-ring (bicyclic) bond motifs is 15. The fraction of sp³-hybridized carbons (Fsp3) is 0.0196. The second-order valence-corrected chi connectivity index (χ2v) is 14.9. The van der Waals surface area contributed by atoms with Crippen LogP contribution in [0, 0.1) is 0 Å². The SMILES string of the molecule is c1ccc(-c2nc(-n3c4ccccc4c4cc5c(cc43)C3(c4ccccc4O5)c4ccccc4-n4c5ccccc5c5cccc3c54)nc3ccccc23)cc1. The highest BCUT2D eigenvalue weighted by atomic mass is 16.5. The quantitative estimate of drug-likeness (QED) is 0.179. The fourth-order valence-corrected chi connectivity index (χ4v) is 9.98. The molecule has 0 amide bonds. The van der Waals surface area contributed by atoms with Gasteiger partial charge in [0.05, 0.1) is 44.4 Å². The first-order valence-corrected chi connectivity index (χ1v) is 19.1. The molecule has 2 aliphatic rings. The fourth-order valence-electron chi connectivity index (χ4n) is 9.98. The number of aromatic nitrogens is 4. The number of ether oxygens (including phenoxy) is 1. The van der Waals surface area contributed by atoms with Crippen molar-refractivity contribution >= 4 is 54.5 Å². The van der Waals surface area contributed by atoms with E-state index in [0.29, 0.717) is 5.95 Å². The van der Waals surface area contributed by atoms with Crippen LogP contribution >= 0.6 is 0 Å². The van der Waals surface area contributed by atoms with Crippen LogP contribution in [0.3, 0.4) is 0 Å². The molecular weight excluding hydrogens is 685 g/mol. The highest BCUT2D eigenvalue weighted by Crippen LogP contribution is 2.61. The predicted octanol–water partition coefficient (Wildman–Crippen LogP) is 12.3. The van der Waals surface area contributed by atoms with E-state index in [4.69, 9.17) is 14.7 Å². The summed E-state index contributed by atoms with van der Waals surface area (Å²) in [5.74, 6) is 2.34. The Morgan fingerprint density at radius 1 is 0.411 bits per heavy atom. The van der Waals surface area contributed by atoms with Gasteiger partial charge in [0, 0.05) is 43.6 Å². The van der Waals surface area contributed by atoms with Gasteiger partial charge in [-0.15, -0.1) is 0 Å². The largest absolute Gasteiger partial charge is 0.457 e. The van der Waals surface area contributed by atoms with Crippen LogP contribution in [0.4, 0.5) is 0 Å². The van der Waals surface area contributed by atoms with Crippen LogP contribution in [0.1, 0.15) is 22.3 Å². The third-order valence-corrected chi connectivity index (χ3v) is 12.2. The molecule has 5 heteroatoms. The van der Waals surface area contributed by atoms with Gasteiger partial charge < -0.3 is 9.30 Å². The maximum atomic E-state index is 7.02. The van der Waals surface area contributed by atoms with Crippen molar-refractivity contribution in [3.63, 3.8) is 0 Å². The smallest absolute Gasteiger partial charge is 0.235 e. The summed E-state index contributed by atoms with van der Waals surface area (Å²) >= 11 is 0. The molecule has 0 N–H and O–H groups in total. The van der Waals surface area contributed by atoms with Gasteiger partial charge in [-0.25, -0.2) is 9.97 Å². The van der Waals surface area contributed by atoms with Crippen LogP contribution < -0.4 is 4.74 Å². The van der Waals surface area contributed by atoms with E-state index in [2.05, 4.69) is 185 Å². The Bertz CT molecular complexity index is 3470. The lowest BCUT2D eigenvalue weighted by Crippen LogP contribution is -2.37. The lowest BCUT2D eigenvalue weighted by atomic mass is 9.61. The highest BCUT2D eigenvalue weighted by Gasteiger charge is 2.50. The second kappa shape index (κ2) is 10.8. The van der Waals surface area contributed by atoms with E-state index in [1.807, 2.05) is 6.07 Å². The summed E-state index contributed by atoms with van der Waals surface area (Å²) in [5, 5.41) is 5.71. The van der Waals surface area contributed by atoms with Gasteiger partial charge in [-0.2, -0.15) is 0 Å². The first kappa shape index (κ1) is 29.9. The molecule has 2 aliphatic heterocycles. The summed E-state index contributed by atoms with van der Waals surface area (Å²) < 4.78 is 11.8. The van der Waals surface area contributed by atoms with Crippen molar-refractivity contribution in [3.8, 4) is 34.4 Å². The zero-order valence-electron chi connectivity index (χ0n) is 30.0. The molecule has 11 aromatic rings. The summed E-state index contributed by atoms with van der Waals surface area (Å²) in [6, 6.07) is 65.1. The van der Waals surface area contributed by atoms with Crippen LogP contribution in [0.2, 0.25) is 0 Å². The number of benzene rings is 8. The zero-order chi connectivity index (χ0) is 36.5. The Labute approximate surface area is 321 Å². The number of hydrogen-bond donors (Lipinski definition) is 0. The average Bonchev–Trinajstić information content (AvgIpc) is 3.77. The van der Waals surface area contributed by atoms with Crippen molar-refractivity contribution in [2.75, 3.05) is 0 Å². The van der Waals surface area contributed by atoms with Crippen LogP contribution in [0.15, 0.2) is 182 Å². The molecule has 0 saturated carbocycles. The van der Waals surface area contributed by atoms with E-state index in [1.54, 1.807) is 0 Å². The van der Waals surface area contributed by atoms with Gasteiger partial charge in [0.2, 0.25) is 5.95 Å². The van der Waals surface area contributed by atoms with Crippen LogP contribution in [0.25, 0.3) is 77.4 Å². The minimum Gasteiger partial charge on any atom is -0.457 e. The molecule has 5 nitrogen and oxygen atoms in total. The van der Waals surface area contributed by atoms with E-state index in [1.165, 1.54) is 38.6 Å². The zero-order valence-corrected chi connectivity index (χ0v) is 30.0. The molecule has 0 bridgehead atoms. The Balaban J connectivity index is 1.20. The highest BCUT2D eigenvalue weighted by molar-refractivity contribution is 6.13.